The van der Waals surface area contributed by atoms with Crippen molar-refractivity contribution in [1.82, 2.24) is 5.43 Å². The van der Waals surface area contributed by atoms with Gasteiger partial charge in [0, 0.05) is 17.7 Å². The number of phenolic OH excluding ortho intramolecular Hbond substituents is 1. The summed E-state index contributed by atoms with van der Waals surface area (Å²) in [6, 6.07) is 22.9. The van der Waals surface area contributed by atoms with Crippen molar-refractivity contribution in [3.63, 3.8) is 0 Å². The SMILES string of the molecule is O=C(CN(c1cccc([N+](=O)[O-])c1)S(=O)(=O)c1ccccc1)N/N=C\c1c(O)ccc2ccccc12. The summed E-state index contributed by atoms with van der Waals surface area (Å²) in [4.78, 5) is 23.2. The Labute approximate surface area is 206 Å². The topological polar surface area (TPSA) is 142 Å². The van der Waals surface area contributed by atoms with Crippen LogP contribution in [0.5, 0.6) is 5.75 Å². The van der Waals surface area contributed by atoms with Gasteiger partial charge in [-0.3, -0.25) is 19.2 Å². The van der Waals surface area contributed by atoms with Crippen LogP contribution >= 0.6 is 0 Å². The molecule has 0 saturated heterocycles. The Hall–Kier alpha value is -4.77. The van der Waals surface area contributed by atoms with E-state index in [1.165, 1.54) is 54.7 Å². The number of nitro groups is 1. The minimum absolute atomic E-state index is 0.0448. The summed E-state index contributed by atoms with van der Waals surface area (Å²) in [5.74, 6) is -0.839. The van der Waals surface area contributed by atoms with Crippen LogP contribution in [0, 0.1) is 10.1 Å². The van der Waals surface area contributed by atoms with Crippen LogP contribution in [0.3, 0.4) is 0 Å². The zero-order valence-electron chi connectivity index (χ0n) is 18.7. The van der Waals surface area contributed by atoms with Gasteiger partial charge in [0.1, 0.15) is 12.3 Å². The standard InChI is InChI=1S/C25H20N4O6S/c30-24-14-13-18-7-4-5-12-22(18)23(24)16-26-27-25(31)17-28(19-8-6-9-20(15-19)29(32)33)36(34,35)21-10-2-1-3-11-21/h1-16,30H,17H2,(H,27,31)/b26-16-. The molecule has 4 rings (SSSR count). The van der Waals surface area contributed by atoms with E-state index in [1.807, 2.05) is 12.1 Å². The molecule has 2 N–H and O–H groups in total. The first-order valence-electron chi connectivity index (χ1n) is 10.6. The molecule has 0 fully saturated rings. The van der Waals surface area contributed by atoms with Gasteiger partial charge in [0.15, 0.2) is 0 Å². The highest BCUT2D eigenvalue weighted by Gasteiger charge is 2.28. The Morgan fingerprint density at radius 1 is 1.00 bits per heavy atom. The summed E-state index contributed by atoms with van der Waals surface area (Å²) in [6.07, 6.45) is 1.26. The van der Waals surface area contributed by atoms with Crippen LogP contribution in [0.25, 0.3) is 10.8 Å². The maximum Gasteiger partial charge on any atom is 0.271 e. The fourth-order valence-electron chi connectivity index (χ4n) is 3.55. The molecule has 0 saturated carbocycles. The molecule has 0 heterocycles. The summed E-state index contributed by atoms with van der Waals surface area (Å²) in [7, 11) is -4.25. The van der Waals surface area contributed by atoms with Crippen molar-refractivity contribution in [3.8, 4) is 5.75 Å². The average molecular weight is 505 g/mol. The van der Waals surface area contributed by atoms with Gasteiger partial charge in [-0.15, -0.1) is 0 Å². The van der Waals surface area contributed by atoms with Crippen LogP contribution in [0.1, 0.15) is 5.56 Å². The number of nitro benzene ring substituents is 1. The van der Waals surface area contributed by atoms with Crippen molar-refractivity contribution < 1.29 is 23.2 Å². The van der Waals surface area contributed by atoms with Crippen LogP contribution in [0.4, 0.5) is 11.4 Å². The number of benzene rings is 4. The van der Waals surface area contributed by atoms with Gasteiger partial charge in [-0.05, 0) is 35.0 Å². The summed E-state index contributed by atoms with van der Waals surface area (Å²) < 4.78 is 27.5. The second kappa shape index (κ2) is 10.2. The first-order chi connectivity index (χ1) is 17.3. The van der Waals surface area contributed by atoms with Crippen molar-refractivity contribution >= 4 is 44.3 Å². The van der Waals surface area contributed by atoms with E-state index in [4.69, 9.17) is 0 Å². The summed E-state index contributed by atoms with van der Waals surface area (Å²) >= 11 is 0. The van der Waals surface area contributed by atoms with Crippen LogP contribution in [0.15, 0.2) is 101 Å². The lowest BCUT2D eigenvalue weighted by Crippen LogP contribution is -2.39. The van der Waals surface area contributed by atoms with E-state index >= 15 is 0 Å². The molecule has 1 amide bonds. The molecular weight excluding hydrogens is 484 g/mol. The third-order valence-electron chi connectivity index (χ3n) is 5.28. The molecule has 11 heteroatoms. The van der Waals surface area contributed by atoms with Crippen LogP contribution < -0.4 is 9.73 Å². The van der Waals surface area contributed by atoms with E-state index in [0.717, 1.165) is 15.8 Å². The number of nitrogens with zero attached hydrogens (tertiary/aromatic N) is 3. The van der Waals surface area contributed by atoms with Crippen molar-refractivity contribution in [2.45, 2.75) is 4.90 Å². The second-order valence-electron chi connectivity index (χ2n) is 7.61. The van der Waals surface area contributed by atoms with Gasteiger partial charge in [-0.25, -0.2) is 13.8 Å². The Balaban J connectivity index is 1.62. The Morgan fingerprint density at radius 2 is 1.72 bits per heavy atom. The molecule has 36 heavy (non-hydrogen) atoms. The molecule has 0 aromatic heterocycles. The zero-order chi connectivity index (χ0) is 25.7. The highest BCUT2D eigenvalue weighted by Crippen LogP contribution is 2.27. The van der Waals surface area contributed by atoms with E-state index in [0.29, 0.717) is 10.9 Å². The van der Waals surface area contributed by atoms with Gasteiger partial charge in [0.2, 0.25) is 0 Å². The molecule has 0 aliphatic heterocycles. The Kier molecular flexibility index (Phi) is 6.93. The highest BCUT2D eigenvalue weighted by atomic mass is 32.2. The zero-order valence-corrected chi connectivity index (χ0v) is 19.5. The van der Waals surface area contributed by atoms with E-state index in [9.17, 15) is 28.4 Å². The maximum atomic E-state index is 13.3. The lowest BCUT2D eigenvalue weighted by Gasteiger charge is -2.23. The van der Waals surface area contributed by atoms with Gasteiger partial charge in [-0.2, -0.15) is 5.10 Å². The van der Waals surface area contributed by atoms with Gasteiger partial charge in [0.05, 0.1) is 21.7 Å². The molecule has 4 aromatic carbocycles. The van der Waals surface area contributed by atoms with Gasteiger partial charge >= 0.3 is 0 Å². The number of amides is 1. The van der Waals surface area contributed by atoms with Gasteiger partial charge in [-0.1, -0.05) is 54.6 Å². The highest BCUT2D eigenvalue weighted by molar-refractivity contribution is 7.92. The molecule has 0 bridgehead atoms. The fourth-order valence-corrected chi connectivity index (χ4v) is 4.98. The first kappa shape index (κ1) is 24.4. The molecule has 0 spiro atoms. The number of carbonyl (C=O) groups is 1. The minimum Gasteiger partial charge on any atom is -0.507 e. The second-order valence-corrected chi connectivity index (χ2v) is 9.48. The van der Waals surface area contributed by atoms with Crippen molar-refractivity contribution in [2.75, 3.05) is 10.8 Å². The smallest absolute Gasteiger partial charge is 0.271 e. The molecule has 0 radical (unpaired) electrons. The number of hydrogen-bond acceptors (Lipinski definition) is 7. The lowest BCUT2D eigenvalue weighted by molar-refractivity contribution is -0.384. The van der Waals surface area contributed by atoms with Crippen LogP contribution in [0.2, 0.25) is 0 Å². The molecular formula is C25H20N4O6S. The first-order valence-corrected chi connectivity index (χ1v) is 12.1. The van der Waals surface area contributed by atoms with E-state index in [1.54, 1.807) is 24.3 Å². The third-order valence-corrected chi connectivity index (χ3v) is 7.07. The molecule has 182 valence electrons. The predicted octanol–water partition coefficient (Wildman–Crippen LogP) is 3.80. The summed E-state index contributed by atoms with van der Waals surface area (Å²) in [6.45, 7) is -0.697. The van der Waals surface area contributed by atoms with Crippen LogP contribution in [-0.2, 0) is 14.8 Å². The van der Waals surface area contributed by atoms with E-state index < -0.39 is 27.4 Å². The Bertz CT molecular complexity index is 1570. The Morgan fingerprint density at radius 3 is 2.47 bits per heavy atom. The number of hydrogen-bond donors (Lipinski definition) is 2. The third kappa shape index (κ3) is 5.15. The predicted molar refractivity (Wildman–Crippen MR) is 135 cm³/mol. The van der Waals surface area contributed by atoms with Crippen molar-refractivity contribution in [1.29, 1.82) is 0 Å². The largest absolute Gasteiger partial charge is 0.507 e. The number of nitrogens with one attached hydrogen (secondary N) is 1. The number of hydrazone groups is 1. The number of rotatable bonds is 8. The maximum absolute atomic E-state index is 13.3. The number of aromatic hydroxyl groups is 1. The lowest BCUT2D eigenvalue weighted by atomic mass is 10.0. The number of carbonyl (C=O) groups excluding carboxylic acids is 1. The van der Waals surface area contributed by atoms with E-state index in [2.05, 4.69) is 10.5 Å². The molecule has 0 aliphatic carbocycles. The minimum atomic E-state index is -4.25. The normalized spacial score (nSPS) is 11.4. The number of phenols is 1. The summed E-state index contributed by atoms with van der Waals surface area (Å²) in [5.41, 5.74) is 2.25. The quantitative estimate of drug-likeness (QED) is 0.212. The molecule has 0 atom stereocenters. The van der Waals surface area contributed by atoms with Crippen LogP contribution in [-0.4, -0.2) is 37.1 Å². The summed E-state index contributed by atoms with van der Waals surface area (Å²) in [5, 5.41) is 26.9. The van der Waals surface area contributed by atoms with Crippen molar-refractivity contribution in [3.05, 3.63) is 107 Å². The molecule has 4 aromatic rings. The number of sulfonamides is 1. The van der Waals surface area contributed by atoms with Gasteiger partial charge in [0.25, 0.3) is 21.6 Å². The molecule has 0 unspecified atom stereocenters. The van der Waals surface area contributed by atoms with Gasteiger partial charge < -0.3 is 5.11 Å². The van der Waals surface area contributed by atoms with E-state index in [-0.39, 0.29) is 22.0 Å². The number of anilines is 1. The number of fused-ring (bicyclic) bond motifs is 1. The molecule has 0 aliphatic rings. The van der Waals surface area contributed by atoms with Crippen molar-refractivity contribution in [2.24, 2.45) is 5.10 Å². The molecule has 10 nitrogen and oxygen atoms in total. The monoisotopic (exact) mass is 504 g/mol. The number of non-ortho nitro benzene ring substituents is 1. The average Bonchev–Trinajstić information content (AvgIpc) is 2.89. The fraction of sp³-hybridized carbons (Fsp3) is 0.0400.